The Morgan fingerprint density at radius 1 is 1.20 bits per heavy atom. The summed E-state index contributed by atoms with van der Waals surface area (Å²) in [5.41, 5.74) is 1.48. The van der Waals surface area contributed by atoms with E-state index < -0.39 is 0 Å². The van der Waals surface area contributed by atoms with Crippen LogP contribution in [0.5, 0.6) is 0 Å². The quantitative estimate of drug-likeness (QED) is 0.712. The number of aromatic nitrogens is 2. The summed E-state index contributed by atoms with van der Waals surface area (Å²) >= 11 is 0. The lowest BCUT2D eigenvalue weighted by Crippen LogP contribution is -2.29. The van der Waals surface area contributed by atoms with Crippen molar-refractivity contribution in [2.75, 3.05) is 18.0 Å². The largest absolute Gasteiger partial charge is 0.422 e. The van der Waals surface area contributed by atoms with E-state index in [2.05, 4.69) is 14.9 Å². The second-order valence-electron chi connectivity index (χ2n) is 3.87. The molecule has 1 saturated heterocycles. The third-order valence-corrected chi connectivity index (χ3v) is 2.78. The molecular formula is C11H13N3O. The van der Waals surface area contributed by atoms with E-state index >= 15 is 0 Å². The van der Waals surface area contributed by atoms with E-state index in [0.717, 1.165) is 24.7 Å². The fourth-order valence-electron chi connectivity index (χ4n) is 1.98. The monoisotopic (exact) mass is 203 g/mol. The maximum atomic E-state index is 5.66. The standard InChI is InChI=1S/C11H13N3O/c1-2-7-14(8-3-1)11-13-10-9(15-11)5-4-6-12-10/h4-6H,1-3,7-8H2. The van der Waals surface area contributed by atoms with Gasteiger partial charge in [0.1, 0.15) is 0 Å². The molecule has 0 spiro atoms. The molecule has 0 unspecified atom stereocenters. The molecule has 0 amide bonds. The van der Waals surface area contributed by atoms with Gasteiger partial charge in [0.05, 0.1) is 0 Å². The van der Waals surface area contributed by atoms with Crippen LogP contribution in [-0.4, -0.2) is 23.1 Å². The highest BCUT2D eigenvalue weighted by Crippen LogP contribution is 2.22. The summed E-state index contributed by atoms with van der Waals surface area (Å²) in [7, 11) is 0. The summed E-state index contributed by atoms with van der Waals surface area (Å²) < 4.78 is 5.66. The van der Waals surface area contributed by atoms with Gasteiger partial charge in [-0.05, 0) is 31.4 Å². The van der Waals surface area contributed by atoms with Gasteiger partial charge < -0.3 is 9.32 Å². The van der Waals surface area contributed by atoms with Crippen LogP contribution in [0.3, 0.4) is 0 Å². The maximum Gasteiger partial charge on any atom is 0.299 e. The predicted molar refractivity (Wildman–Crippen MR) is 57.9 cm³/mol. The molecular weight excluding hydrogens is 190 g/mol. The molecule has 0 saturated carbocycles. The van der Waals surface area contributed by atoms with Crippen LogP contribution < -0.4 is 4.90 Å². The van der Waals surface area contributed by atoms with Crippen LogP contribution in [-0.2, 0) is 0 Å². The minimum atomic E-state index is 0.707. The van der Waals surface area contributed by atoms with Crippen LogP contribution in [0, 0.1) is 0 Å². The zero-order chi connectivity index (χ0) is 10.1. The number of hydrogen-bond acceptors (Lipinski definition) is 4. The molecule has 15 heavy (non-hydrogen) atoms. The zero-order valence-corrected chi connectivity index (χ0v) is 8.52. The van der Waals surface area contributed by atoms with Crippen LogP contribution in [0.2, 0.25) is 0 Å². The number of oxazole rings is 1. The Balaban J connectivity index is 1.96. The van der Waals surface area contributed by atoms with Crippen LogP contribution in [0.25, 0.3) is 11.2 Å². The van der Waals surface area contributed by atoms with Crippen LogP contribution in [0.1, 0.15) is 19.3 Å². The second kappa shape index (κ2) is 3.53. The van der Waals surface area contributed by atoms with Crippen molar-refractivity contribution >= 4 is 17.2 Å². The molecule has 1 fully saturated rings. The number of fused-ring (bicyclic) bond motifs is 1. The van der Waals surface area contributed by atoms with Gasteiger partial charge in [-0.3, -0.25) is 0 Å². The second-order valence-corrected chi connectivity index (χ2v) is 3.87. The van der Waals surface area contributed by atoms with Crippen molar-refractivity contribution in [1.29, 1.82) is 0 Å². The Kier molecular flexibility index (Phi) is 2.05. The van der Waals surface area contributed by atoms with E-state index in [4.69, 9.17) is 4.42 Å². The van der Waals surface area contributed by atoms with Crippen molar-refractivity contribution in [3.8, 4) is 0 Å². The molecule has 4 heteroatoms. The number of rotatable bonds is 1. The minimum Gasteiger partial charge on any atom is -0.422 e. The predicted octanol–water partition coefficient (Wildman–Crippen LogP) is 2.21. The summed E-state index contributed by atoms with van der Waals surface area (Å²) in [6.07, 6.45) is 5.51. The van der Waals surface area contributed by atoms with Crippen molar-refractivity contribution in [2.45, 2.75) is 19.3 Å². The molecule has 0 aromatic carbocycles. The zero-order valence-electron chi connectivity index (χ0n) is 8.52. The molecule has 2 aromatic heterocycles. The lowest BCUT2D eigenvalue weighted by molar-refractivity contribution is 0.509. The Bertz CT molecular complexity index is 427. The average molecular weight is 203 g/mol. The maximum absolute atomic E-state index is 5.66. The van der Waals surface area contributed by atoms with Gasteiger partial charge in [-0.25, -0.2) is 4.98 Å². The van der Waals surface area contributed by atoms with Crippen molar-refractivity contribution in [3.05, 3.63) is 18.3 Å². The molecule has 0 N–H and O–H groups in total. The third kappa shape index (κ3) is 1.56. The van der Waals surface area contributed by atoms with Crippen molar-refractivity contribution < 1.29 is 4.42 Å². The first-order valence-electron chi connectivity index (χ1n) is 5.40. The first-order valence-corrected chi connectivity index (χ1v) is 5.40. The number of anilines is 1. The first kappa shape index (κ1) is 8.71. The van der Waals surface area contributed by atoms with Gasteiger partial charge in [-0.15, -0.1) is 0 Å². The van der Waals surface area contributed by atoms with Gasteiger partial charge in [-0.1, -0.05) is 0 Å². The molecule has 2 aromatic rings. The number of hydrogen-bond donors (Lipinski definition) is 0. The molecule has 0 atom stereocenters. The molecule has 3 heterocycles. The van der Waals surface area contributed by atoms with Gasteiger partial charge in [0, 0.05) is 19.3 Å². The van der Waals surface area contributed by atoms with E-state index in [1.54, 1.807) is 6.20 Å². The molecule has 78 valence electrons. The summed E-state index contributed by atoms with van der Waals surface area (Å²) in [5.74, 6) is 0. The van der Waals surface area contributed by atoms with E-state index in [1.165, 1.54) is 19.3 Å². The summed E-state index contributed by atoms with van der Waals surface area (Å²) in [6, 6.07) is 4.50. The Labute approximate surface area is 87.9 Å². The highest BCUT2D eigenvalue weighted by Gasteiger charge is 2.16. The molecule has 0 aliphatic carbocycles. The van der Waals surface area contributed by atoms with E-state index in [0.29, 0.717) is 5.65 Å². The normalized spacial score (nSPS) is 17.2. The Hall–Kier alpha value is -1.58. The average Bonchev–Trinajstić information content (AvgIpc) is 2.74. The highest BCUT2D eigenvalue weighted by molar-refractivity contribution is 5.69. The van der Waals surface area contributed by atoms with Gasteiger partial charge in [-0.2, -0.15) is 4.98 Å². The van der Waals surface area contributed by atoms with E-state index in [1.807, 2.05) is 12.1 Å². The van der Waals surface area contributed by atoms with E-state index in [9.17, 15) is 0 Å². The molecule has 0 radical (unpaired) electrons. The number of piperidine rings is 1. The van der Waals surface area contributed by atoms with Gasteiger partial charge in [0.15, 0.2) is 5.58 Å². The minimum absolute atomic E-state index is 0.707. The fourth-order valence-corrected chi connectivity index (χ4v) is 1.98. The smallest absolute Gasteiger partial charge is 0.299 e. The SMILES string of the molecule is c1cnc2nc(N3CCCCC3)oc2c1. The molecule has 1 aliphatic heterocycles. The Morgan fingerprint density at radius 2 is 2.07 bits per heavy atom. The topological polar surface area (TPSA) is 42.2 Å². The summed E-state index contributed by atoms with van der Waals surface area (Å²) in [6.45, 7) is 2.10. The lowest BCUT2D eigenvalue weighted by atomic mass is 10.1. The third-order valence-electron chi connectivity index (χ3n) is 2.78. The Morgan fingerprint density at radius 3 is 2.87 bits per heavy atom. The highest BCUT2D eigenvalue weighted by atomic mass is 16.4. The number of pyridine rings is 1. The van der Waals surface area contributed by atoms with Gasteiger partial charge in [0.25, 0.3) is 6.01 Å². The van der Waals surface area contributed by atoms with Crippen LogP contribution in [0.15, 0.2) is 22.7 Å². The molecule has 0 bridgehead atoms. The van der Waals surface area contributed by atoms with Gasteiger partial charge >= 0.3 is 0 Å². The molecule has 4 nitrogen and oxygen atoms in total. The van der Waals surface area contributed by atoms with Crippen molar-refractivity contribution in [2.24, 2.45) is 0 Å². The van der Waals surface area contributed by atoms with E-state index in [-0.39, 0.29) is 0 Å². The van der Waals surface area contributed by atoms with Crippen molar-refractivity contribution in [1.82, 2.24) is 9.97 Å². The summed E-state index contributed by atoms with van der Waals surface area (Å²) in [5, 5.41) is 0. The van der Waals surface area contributed by atoms with Gasteiger partial charge in [0.2, 0.25) is 5.65 Å². The lowest BCUT2D eigenvalue weighted by Gasteiger charge is -2.24. The fraction of sp³-hybridized carbons (Fsp3) is 0.455. The molecule has 3 rings (SSSR count). The van der Waals surface area contributed by atoms with Crippen molar-refractivity contribution in [3.63, 3.8) is 0 Å². The van der Waals surface area contributed by atoms with Crippen LogP contribution in [0.4, 0.5) is 6.01 Å². The number of nitrogens with zero attached hydrogens (tertiary/aromatic N) is 3. The van der Waals surface area contributed by atoms with Crippen LogP contribution >= 0.6 is 0 Å². The summed E-state index contributed by atoms with van der Waals surface area (Å²) in [4.78, 5) is 10.7. The molecule has 1 aliphatic rings. The first-order chi connectivity index (χ1) is 7.43.